The minimum absolute atomic E-state index is 0.101. The first-order valence-corrected chi connectivity index (χ1v) is 7.39. The van der Waals surface area contributed by atoms with Crippen molar-refractivity contribution in [2.24, 2.45) is 11.8 Å². The average Bonchev–Trinajstić information content (AvgIpc) is 2.72. The van der Waals surface area contributed by atoms with Crippen LogP contribution >= 0.6 is 0 Å². The fourth-order valence-corrected chi connectivity index (χ4v) is 3.31. The van der Waals surface area contributed by atoms with Crippen LogP contribution in [0.2, 0.25) is 0 Å². The second kappa shape index (κ2) is 5.40. The minimum atomic E-state index is 0.101. The molecule has 0 amide bonds. The van der Waals surface area contributed by atoms with Crippen LogP contribution < -0.4 is 0 Å². The molecule has 1 unspecified atom stereocenters. The first-order valence-electron chi connectivity index (χ1n) is 7.39. The zero-order valence-corrected chi connectivity index (χ0v) is 13.2. The molecule has 0 heterocycles. The number of hydrogen-bond donors (Lipinski definition) is 0. The van der Waals surface area contributed by atoms with Crippen molar-refractivity contribution >= 4 is 11.4 Å². The van der Waals surface area contributed by atoms with Crippen LogP contribution in [0.1, 0.15) is 51.7 Å². The third-order valence-corrected chi connectivity index (χ3v) is 4.09. The van der Waals surface area contributed by atoms with Gasteiger partial charge in [-0.15, -0.1) is 0 Å². The first-order chi connectivity index (χ1) is 9.36. The van der Waals surface area contributed by atoms with E-state index in [1.54, 1.807) is 6.92 Å². The fraction of sp³-hybridized carbons (Fsp3) is 0.421. The van der Waals surface area contributed by atoms with Gasteiger partial charge in [0.25, 0.3) is 0 Å². The molecule has 1 aromatic carbocycles. The average molecular weight is 268 g/mol. The van der Waals surface area contributed by atoms with E-state index in [2.05, 4.69) is 52.5 Å². The Hall–Kier alpha value is -1.63. The quantitative estimate of drug-likeness (QED) is 0.703. The number of carbonyl (C=O) groups is 1. The Balaban J connectivity index is 2.73. The number of rotatable bonds is 4. The van der Waals surface area contributed by atoms with Crippen molar-refractivity contribution in [2.75, 3.05) is 0 Å². The second-order valence-corrected chi connectivity index (χ2v) is 6.40. The molecule has 0 aromatic heterocycles. The highest BCUT2D eigenvalue weighted by atomic mass is 16.1. The molecule has 1 nitrogen and oxygen atoms in total. The summed E-state index contributed by atoms with van der Waals surface area (Å²) in [5, 5.41) is 0. The SMILES string of the molecule is C=C(C)C(=O)C1=C(C(C)C)C(C(C)C)c2ccccc21. The summed E-state index contributed by atoms with van der Waals surface area (Å²) in [6, 6.07) is 8.34. The summed E-state index contributed by atoms with van der Waals surface area (Å²) in [5.41, 5.74) is 5.23. The monoisotopic (exact) mass is 268 g/mol. The molecule has 0 bridgehead atoms. The summed E-state index contributed by atoms with van der Waals surface area (Å²) in [5.74, 6) is 1.31. The minimum Gasteiger partial charge on any atom is -0.289 e. The second-order valence-electron chi connectivity index (χ2n) is 6.40. The van der Waals surface area contributed by atoms with Gasteiger partial charge in [0.2, 0.25) is 0 Å². The molecular formula is C19H24O. The van der Waals surface area contributed by atoms with Gasteiger partial charge in [0.1, 0.15) is 0 Å². The van der Waals surface area contributed by atoms with Crippen LogP contribution in [0.15, 0.2) is 42.0 Å². The topological polar surface area (TPSA) is 17.1 Å². The maximum atomic E-state index is 12.6. The lowest BCUT2D eigenvalue weighted by Gasteiger charge is -2.23. The number of benzene rings is 1. The maximum absolute atomic E-state index is 12.6. The van der Waals surface area contributed by atoms with Gasteiger partial charge in [-0.1, -0.05) is 58.5 Å². The van der Waals surface area contributed by atoms with Gasteiger partial charge in [0.15, 0.2) is 5.78 Å². The van der Waals surface area contributed by atoms with Gasteiger partial charge >= 0.3 is 0 Å². The smallest absolute Gasteiger partial charge is 0.188 e. The van der Waals surface area contributed by atoms with Crippen LogP contribution in [-0.4, -0.2) is 5.78 Å². The van der Waals surface area contributed by atoms with Gasteiger partial charge in [0.05, 0.1) is 0 Å². The zero-order chi connectivity index (χ0) is 15.0. The molecule has 1 atom stereocenters. The van der Waals surface area contributed by atoms with E-state index in [1.807, 2.05) is 6.07 Å². The molecule has 0 fully saturated rings. The van der Waals surface area contributed by atoms with Gasteiger partial charge in [-0.05, 0) is 41.0 Å². The van der Waals surface area contributed by atoms with E-state index in [4.69, 9.17) is 0 Å². The molecule has 0 aliphatic heterocycles. The van der Waals surface area contributed by atoms with Crippen LogP contribution in [0.25, 0.3) is 5.57 Å². The Kier molecular flexibility index (Phi) is 3.99. The molecule has 0 saturated carbocycles. The predicted octanol–water partition coefficient (Wildman–Crippen LogP) is 4.99. The van der Waals surface area contributed by atoms with E-state index in [0.29, 0.717) is 23.3 Å². The van der Waals surface area contributed by atoms with E-state index in [-0.39, 0.29) is 5.78 Å². The lowest BCUT2D eigenvalue weighted by atomic mass is 9.80. The van der Waals surface area contributed by atoms with Crippen LogP contribution in [0.3, 0.4) is 0 Å². The number of allylic oxidation sites excluding steroid dienone is 3. The molecule has 0 saturated heterocycles. The first kappa shape index (κ1) is 14.8. The Bertz CT molecular complexity index is 588. The Morgan fingerprint density at radius 3 is 2.25 bits per heavy atom. The molecule has 0 N–H and O–H groups in total. The summed E-state index contributed by atoms with van der Waals surface area (Å²) < 4.78 is 0. The van der Waals surface area contributed by atoms with E-state index in [1.165, 1.54) is 11.1 Å². The summed E-state index contributed by atoms with van der Waals surface area (Å²) in [4.78, 5) is 12.6. The molecule has 0 radical (unpaired) electrons. The zero-order valence-electron chi connectivity index (χ0n) is 13.2. The lowest BCUT2D eigenvalue weighted by Crippen LogP contribution is -2.12. The van der Waals surface area contributed by atoms with Crippen molar-refractivity contribution in [1.29, 1.82) is 0 Å². The normalized spacial score (nSPS) is 17.9. The molecule has 1 aliphatic carbocycles. The van der Waals surface area contributed by atoms with Gasteiger partial charge in [0, 0.05) is 11.5 Å². The van der Waals surface area contributed by atoms with Gasteiger partial charge in [-0.25, -0.2) is 0 Å². The number of Topliss-reactive ketones (excluding diaryl/α,β-unsaturated/α-hetero) is 1. The molecule has 20 heavy (non-hydrogen) atoms. The summed E-state index contributed by atoms with van der Waals surface area (Å²) in [6.07, 6.45) is 0. The van der Waals surface area contributed by atoms with Crippen molar-refractivity contribution in [3.63, 3.8) is 0 Å². The Morgan fingerprint density at radius 1 is 1.15 bits per heavy atom. The Labute approximate surface area is 122 Å². The van der Waals surface area contributed by atoms with E-state index >= 15 is 0 Å². The predicted molar refractivity (Wildman–Crippen MR) is 85.6 cm³/mol. The molecule has 2 rings (SSSR count). The highest BCUT2D eigenvalue weighted by Crippen LogP contribution is 2.49. The van der Waals surface area contributed by atoms with E-state index < -0.39 is 0 Å². The summed E-state index contributed by atoms with van der Waals surface area (Å²) >= 11 is 0. The van der Waals surface area contributed by atoms with E-state index in [0.717, 1.165) is 11.1 Å². The number of hydrogen-bond acceptors (Lipinski definition) is 1. The number of carbonyl (C=O) groups excluding carboxylic acids is 1. The van der Waals surface area contributed by atoms with Crippen molar-refractivity contribution in [3.8, 4) is 0 Å². The van der Waals surface area contributed by atoms with Crippen molar-refractivity contribution in [1.82, 2.24) is 0 Å². The largest absolute Gasteiger partial charge is 0.289 e. The number of ketones is 1. The van der Waals surface area contributed by atoms with Crippen molar-refractivity contribution in [2.45, 2.75) is 40.5 Å². The highest BCUT2D eigenvalue weighted by Gasteiger charge is 2.36. The number of fused-ring (bicyclic) bond motifs is 1. The van der Waals surface area contributed by atoms with Gasteiger partial charge in [-0.2, -0.15) is 0 Å². The standard InChI is InChI=1S/C19H24O/c1-11(2)16-14-9-7-8-10-15(14)18(17(16)12(3)4)19(20)13(5)6/h7-12,16H,5H2,1-4,6H3. The third kappa shape index (κ3) is 2.26. The van der Waals surface area contributed by atoms with Crippen LogP contribution in [0.4, 0.5) is 0 Å². The van der Waals surface area contributed by atoms with Crippen LogP contribution in [0.5, 0.6) is 0 Å². The lowest BCUT2D eigenvalue weighted by molar-refractivity contribution is -0.110. The molecule has 1 aromatic rings. The maximum Gasteiger partial charge on any atom is 0.188 e. The van der Waals surface area contributed by atoms with Gasteiger partial charge in [-0.3, -0.25) is 4.79 Å². The summed E-state index contributed by atoms with van der Waals surface area (Å²) in [7, 11) is 0. The molecule has 1 heteroatoms. The highest BCUT2D eigenvalue weighted by molar-refractivity contribution is 6.30. The van der Waals surface area contributed by atoms with Crippen molar-refractivity contribution in [3.05, 3.63) is 53.1 Å². The van der Waals surface area contributed by atoms with E-state index in [9.17, 15) is 4.79 Å². The molecule has 0 spiro atoms. The van der Waals surface area contributed by atoms with Crippen molar-refractivity contribution < 1.29 is 4.79 Å². The molecular weight excluding hydrogens is 244 g/mol. The fourth-order valence-electron chi connectivity index (χ4n) is 3.31. The van der Waals surface area contributed by atoms with Crippen LogP contribution in [-0.2, 0) is 4.79 Å². The summed E-state index contributed by atoms with van der Waals surface area (Å²) in [6.45, 7) is 14.5. The Morgan fingerprint density at radius 2 is 1.75 bits per heavy atom. The van der Waals surface area contributed by atoms with Crippen LogP contribution in [0, 0.1) is 11.8 Å². The van der Waals surface area contributed by atoms with Gasteiger partial charge < -0.3 is 0 Å². The molecule has 1 aliphatic rings. The molecule has 106 valence electrons. The third-order valence-electron chi connectivity index (χ3n) is 4.09.